The van der Waals surface area contributed by atoms with Gasteiger partial charge in [-0.15, -0.1) is 11.3 Å². The van der Waals surface area contributed by atoms with Crippen LogP contribution in [0.15, 0.2) is 18.2 Å². The first-order chi connectivity index (χ1) is 8.97. The van der Waals surface area contributed by atoms with E-state index >= 15 is 0 Å². The van der Waals surface area contributed by atoms with Crippen molar-refractivity contribution in [2.24, 2.45) is 0 Å². The highest BCUT2D eigenvalue weighted by Crippen LogP contribution is 2.29. The van der Waals surface area contributed by atoms with Gasteiger partial charge in [0.15, 0.2) is 0 Å². The van der Waals surface area contributed by atoms with Gasteiger partial charge >= 0.3 is 0 Å². The van der Waals surface area contributed by atoms with E-state index in [1.807, 2.05) is 13.8 Å². The van der Waals surface area contributed by atoms with Crippen molar-refractivity contribution in [1.29, 1.82) is 0 Å². The summed E-state index contributed by atoms with van der Waals surface area (Å²) in [6.07, 6.45) is 0. The van der Waals surface area contributed by atoms with E-state index in [1.54, 1.807) is 11.3 Å². The number of thiazole rings is 1. The standard InChI is InChI=1S/C12H11ClN2O3S/c1-7-8(2)19-12(14-7)6-18-9-3-4-11(15(16)17)10(13)5-9/h3-5H,6H2,1-2H3. The summed E-state index contributed by atoms with van der Waals surface area (Å²) in [5.41, 5.74) is 0.861. The van der Waals surface area contributed by atoms with Crippen molar-refractivity contribution < 1.29 is 9.66 Å². The van der Waals surface area contributed by atoms with Crippen molar-refractivity contribution in [3.8, 4) is 5.75 Å². The summed E-state index contributed by atoms with van der Waals surface area (Å²) in [5.74, 6) is 0.487. The molecule has 0 N–H and O–H groups in total. The average Bonchev–Trinajstić information content (AvgIpc) is 2.66. The molecule has 7 heteroatoms. The number of hydrogen-bond donors (Lipinski definition) is 0. The number of nitrogens with zero attached hydrogens (tertiary/aromatic N) is 2. The molecule has 5 nitrogen and oxygen atoms in total. The molecule has 1 aromatic heterocycles. The number of halogens is 1. The Balaban J connectivity index is 2.08. The normalized spacial score (nSPS) is 10.5. The fourth-order valence-electron chi connectivity index (χ4n) is 1.47. The van der Waals surface area contributed by atoms with Crippen LogP contribution in [0.3, 0.4) is 0 Å². The summed E-state index contributed by atoms with van der Waals surface area (Å²) in [6, 6.07) is 4.29. The molecule has 0 unspecified atom stereocenters. The molecule has 2 aromatic rings. The second-order valence-electron chi connectivity index (χ2n) is 3.91. The first kappa shape index (κ1) is 13.8. The van der Waals surface area contributed by atoms with Gasteiger partial charge < -0.3 is 4.74 Å². The molecule has 0 amide bonds. The number of aryl methyl sites for hydroxylation is 2. The van der Waals surface area contributed by atoms with Crippen molar-refractivity contribution in [2.45, 2.75) is 20.5 Å². The topological polar surface area (TPSA) is 65.3 Å². The van der Waals surface area contributed by atoms with E-state index in [0.717, 1.165) is 15.6 Å². The zero-order valence-corrected chi connectivity index (χ0v) is 11.9. The Labute approximate surface area is 119 Å². The second-order valence-corrected chi connectivity index (χ2v) is 5.60. The van der Waals surface area contributed by atoms with Crippen LogP contribution in [0.1, 0.15) is 15.6 Å². The summed E-state index contributed by atoms with van der Waals surface area (Å²) in [6.45, 7) is 4.27. The molecule has 1 heterocycles. The van der Waals surface area contributed by atoms with Crippen LogP contribution in [0, 0.1) is 24.0 Å². The predicted molar refractivity (Wildman–Crippen MR) is 74.0 cm³/mol. The maximum Gasteiger partial charge on any atom is 0.288 e. The number of hydrogen-bond acceptors (Lipinski definition) is 5. The largest absolute Gasteiger partial charge is 0.486 e. The van der Waals surface area contributed by atoms with Gasteiger partial charge in [-0.05, 0) is 19.9 Å². The summed E-state index contributed by atoms with van der Waals surface area (Å²) in [5, 5.41) is 11.6. The number of aromatic nitrogens is 1. The molecule has 0 saturated heterocycles. The Hall–Kier alpha value is -1.66. The molecule has 0 aliphatic carbocycles. The highest BCUT2D eigenvalue weighted by atomic mass is 35.5. The third-order valence-corrected chi connectivity index (χ3v) is 3.90. The third-order valence-electron chi connectivity index (χ3n) is 2.55. The number of rotatable bonds is 4. The van der Waals surface area contributed by atoms with Crippen LogP contribution in [-0.4, -0.2) is 9.91 Å². The monoisotopic (exact) mass is 298 g/mol. The van der Waals surface area contributed by atoms with Crippen LogP contribution in [-0.2, 0) is 6.61 Å². The van der Waals surface area contributed by atoms with Crippen molar-refractivity contribution in [3.63, 3.8) is 0 Å². The zero-order valence-electron chi connectivity index (χ0n) is 10.3. The van der Waals surface area contributed by atoms with Gasteiger partial charge in [-0.2, -0.15) is 0 Å². The van der Waals surface area contributed by atoms with Gasteiger partial charge in [0.1, 0.15) is 22.4 Å². The number of benzene rings is 1. The Bertz CT molecular complexity index is 608. The van der Waals surface area contributed by atoms with Crippen LogP contribution in [0.2, 0.25) is 5.02 Å². The van der Waals surface area contributed by atoms with E-state index in [1.165, 1.54) is 18.2 Å². The third kappa shape index (κ3) is 3.21. The lowest BCUT2D eigenvalue weighted by Gasteiger charge is -2.04. The molecule has 2 rings (SSSR count). The molecule has 0 aliphatic rings. The number of ether oxygens (including phenoxy) is 1. The molecule has 19 heavy (non-hydrogen) atoms. The van der Waals surface area contributed by atoms with E-state index in [-0.39, 0.29) is 10.7 Å². The fraction of sp³-hybridized carbons (Fsp3) is 0.250. The smallest absolute Gasteiger partial charge is 0.288 e. The van der Waals surface area contributed by atoms with Gasteiger partial charge in [0.25, 0.3) is 5.69 Å². The van der Waals surface area contributed by atoms with Gasteiger partial charge in [-0.3, -0.25) is 10.1 Å². The Kier molecular flexibility index (Phi) is 4.01. The molecular weight excluding hydrogens is 288 g/mol. The molecule has 0 saturated carbocycles. The molecule has 0 spiro atoms. The Morgan fingerprint density at radius 1 is 1.47 bits per heavy atom. The first-order valence-electron chi connectivity index (χ1n) is 5.47. The summed E-state index contributed by atoms with van der Waals surface area (Å²) >= 11 is 7.37. The maximum atomic E-state index is 10.6. The lowest BCUT2D eigenvalue weighted by molar-refractivity contribution is -0.384. The highest BCUT2D eigenvalue weighted by Gasteiger charge is 2.13. The minimum Gasteiger partial charge on any atom is -0.486 e. The molecule has 0 atom stereocenters. The summed E-state index contributed by atoms with van der Waals surface area (Å²) < 4.78 is 5.52. The molecule has 100 valence electrons. The summed E-state index contributed by atoms with van der Waals surface area (Å²) in [7, 11) is 0. The van der Waals surface area contributed by atoms with Gasteiger partial charge in [0.2, 0.25) is 0 Å². The van der Waals surface area contributed by atoms with E-state index in [9.17, 15) is 10.1 Å². The average molecular weight is 299 g/mol. The van der Waals surface area contributed by atoms with E-state index in [0.29, 0.717) is 12.4 Å². The van der Waals surface area contributed by atoms with Gasteiger partial charge in [0.05, 0.1) is 10.6 Å². The zero-order chi connectivity index (χ0) is 14.0. The first-order valence-corrected chi connectivity index (χ1v) is 6.66. The fourth-order valence-corrected chi connectivity index (χ4v) is 2.56. The molecule has 0 bridgehead atoms. The van der Waals surface area contributed by atoms with Crippen molar-refractivity contribution in [1.82, 2.24) is 4.98 Å². The summed E-state index contributed by atoms with van der Waals surface area (Å²) in [4.78, 5) is 15.6. The molecule has 0 radical (unpaired) electrons. The number of nitro benzene ring substituents is 1. The van der Waals surface area contributed by atoms with Crippen LogP contribution in [0.4, 0.5) is 5.69 Å². The van der Waals surface area contributed by atoms with Crippen molar-refractivity contribution in [2.75, 3.05) is 0 Å². The van der Waals surface area contributed by atoms with Crippen LogP contribution in [0.5, 0.6) is 5.75 Å². The van der Waals surface area contributed by atoms with Crippen molar-refractivity contribution >= 4 is 28.6 Å². The quantitative estimate of drug-likeness (QED) is 0.634. The van der Waals surface area contributed by atoms with E-state index < -0.39 is 4.92 Å². The van der Waals surface area contributed by atoms with Crippen LogP contribution >= 0.6 is 22.9 Å². The van der Waals surface area contributed by atoms with E-state index in [4.69, 9.17) is 16.3 Å². The lowest BCUT2D eigenvalue weighted by atomic mass is 10.3. The SMILES string of the molecule is Cc1nc(COc2ccc([N+](=O)[O-])c(Cl)c2)sc1C. The maximum absolute atomic E-state index is 10.6. The van der Waals surface area contributed by atoms with E-state index in [2.05, 4.69) is 4.98 Å². The predicted octanol–water partition coefficient (Wildman–Crippen LogP) is 3.90. The van der Waals surface area contributed by atoms with Gasteiger partial charge in [-0.25, -0.2) is 4.98 Å². The highest BCUT2D eigenvalue weighted by molar-refractivity contribution is 7.11. The lowest BCUT2D eigenvalue weighted by Crippen LogP contribution is -1.96. The minimum atomic E-state index is -0.528. The Morgan fingerprint density at radius 2 is 2.21 bits per heavy atom. The second kappa shape index (κ2) is 5.54. The molecule has 0 aliphatic heterocycles. The van der Waals surface area contributed by atoms with Crippen LogP contribution in [0.25, 0.3) is 0 Å². The minimum absolute atomic E-state index is 0.0639. The Morgan fingerprint density at radius 3 is 2.74 bits per heavy atom. The van der Waals surface area contributed by atoms with Crippen LogP contribution < -0.4 is 4.74 Å². The van der Waals surface area contributed by atoms with Gasteiger partial charge in [-0.1, -0.05) is 11.6 Å². The van der Waals surface area contributed by atoms with Gasteiger partial charge in [0, 0.05) is 17.0 Å². The molecule has 1 aromatic carbocycles. The molecular formula is C12H11ClN2O3S. The number of nitro groups is 1. The molecule has 0 fully saturated rings. The van der Waals surface area contributed by atoms with Crippen molar-refractivity contribution in [3.05, 3.63) is 48.9 Å².